The number of carbonyl (C=O) groups is 1. The van der Waals surface area contributed by atoms with Gasteiger partial charge >= 0.3 is 0 Å². The fraction of sp³-hybridized carbons (Fsp3) is 0.348. The molecular weight excluding hydrogens is 653 g/mol. The highest BCUT2D eigenvalue weighted by atomic mass is 35.5. The van der Waals surface area contributed by atoms with Crippen LogP contribution in [-0.2, 0) is 24.3 Å². The van der Waals surface area contributed by atoms with Crippen molar-refractivity contribution in [3.8, 4) is 11.3 Å². The topological polar surface area (TPSA) is 153 Å². The number of nitrogens with one attached hydrogen (secondary N) is 1. The van der Waals surface area contributed by atoms with Crippen molar-refractivity contribution >= 4 is 62.5 Å². The first-order valence-corrected chi connectivity index (χ1v) is 15.4. The summed E-state index contributed by atoms with van der Waals surface area (Å²) in [5.41, 5.74) is -1.05. The first-order chi connectivity index (χ1) is 19.3. The molecule has 3 aromatic rings. The molecule has 2 unspecified atom stereocenters. The quantitative estimate of drug-likeness (QED) is 0.289. The van der Waals surface area contributed by atoms with Crippen molar-refractivity contribution in [2.75, 3.05) is 19.5 Å². The normalized spacial score (nSPS) is 23.0. The SMILES string of the molecule is CS(=O)(=O)NC(=O)COC1[C@@H](Sc2ccc(Cl)c(Cl)c2)OC(CO)[C@H](O)[C@@H]1n1cc(-c2cc(F)c(Cl)c(F)c2)nn1. The Hall–Kier alpha value is -2.08. The molecule has 1 amide bonds. The summed E-state index contributed by atoms with van der Waals surface area (Å²) < 4.78 is 65.7. The van der Waals surface area contributed by atoms with E-state index in [9.17, 15) is 32.2 Å². The Bertz CT molecular complexity index is 1530. The lowest BCUT2D eigenvalue weighted by molar-refractivity contribution is -0.193. The second kappa shape index (κ2) is 13.1. The number of aliphatic hydroxyl groups excluding tert-OH is 2. The van der Waals surface area contributed by atoms with Crippen molar-refractivity contribution in [2.24, 2.45) is 0 Å². The molecule has 1 aromatic heterocycles. The van der Waals surface area contributed by atoms with Gasteiger partial charge in [0.25, 0.3) is 5.91 Å². The summed E-state index contributed by atoms with van der Waals surface area (Å²) >= 11 is 18.8. The number of benzene rings is 2. The fourth-order valence-electron chi connectivity index (χ4n) is 3.99. The van der Waals surface area contributed by atoms with E-state index in [-0.39, 0.29) is 21.3 Å². The lowest BCUT2D eigenvalue weighted by atomic mass is 9.97. The van der Waals surface area contributed by atoms with E-state index < -0.39 is 75.6 Å². The zero-order valence-electron chi connectivity index (χ0n) is 20.7. The van der Waals surface area contributed by atoms with E-state index in [2.05, 4.69) is 10.3 Å². The number of nitrogens with zero attached hydrogens (tertiary/aromatic N) is 3. The van der Waals surface area contributed by atoms with Gasteiger partial charge in [0.1, 0.15) is 58.7 Å². The Kier molecular flexibility index (Phi) is 10.1. The number of ether oxygens (including phenoxy) is 2. The van der Waals surface area contributed by atoms with Gasteiger partial charge in [0.05, 0.1) is 29.1 Å². The van der Waals surface area contributed by atoms with Crippen LogP contribution in [0.3, 0.4) is 0 Å². The average Bonchev–Trinajstić information content (AvgIpc) is 3.37. The van der Waals surface area contributed by atoms with Crippen LogP contribution in [0.15, 0.2) is 41.4 Å². The predicted octanol–water partition coefficient (Wildman–Crippen LogP) is 3.06. The van der Waals surface area contributed by atoms with Gasteiger partial charge in [0.15, 0.2) is 0 Å². The van der Waals surface area contributed by atoms with E-state index >= 15 is 0 Å². The monoisotopic (exact) mass is 672 g/mol. The fourth-order valence-corrected chi connectivity index (χ4v) is 6.10. The molecule has 0 aliphatic carbocycles. The van der Waals surface area contributed by atoms with Crippen molar-refractivity contribution in [1.29, 1.82) is 0 Å². The van der Waals surface area contributed by atoms with E-state index in [4.69, 9.17) is 44.3 Å². The van der Waals surface area contributed by atoms with Crippen LogP contribution in [0.2, 0.25) is 15.1 Å². The highest BCUT2D eigenvalue weighted by Gasteiger charge is 2.48. The molecule has 3 N–H and O–H groups in total. The third kappa shape index (κ3) is 7.66. The lowest BCUT2D eigenvalue weighted by Crippen LogP contribution is -2.56. The molecular formula is C23H21Cl3F2N4O7S2. The Labute approximate surface area is 251 Å². The average molecular weight is 674 g/mol. The summed E-state index contributed by atoms with van der Waals surface area (Å²) in [6.45, 7) is -1.41. The molecule has 1 saturated heterocycles. The van der Waals surface area contributed by atoms with Gasteiger partial charge in [0.2, 0.25) is 10.0 Å². The predicted molar refractivity (Wildman–Crippen MR) is 146 cm³/mol. The summed E-state index contributed by atoms with van der Waals surface area (Å²) in [5.74, 6) is -3.06. The molecule has 11 nitrogen and oxygen atoms in total. The summed E-state index contributed by atoms with van der Waals surface area (Å²) in [4.78, 5) is 12.8. The van der Waals surface area contributed by atoms with E-state index in [1.807, 2.05) is 0 Å². The number of hydrogen-bond acceptors (Lipinski definition) is 10. The number of halogens is 5. The number of amides is 1. The molecule has 5 atom stereocenters. The summed E-state index contributed by atoms with van der Waals surface area (Å²) in [7, 11) is -3.90. The van der Waals surface area contributed by atoms with Gasteiger partial charge in [-0.05, 0) is 30.3 Å². The van der Waals surface area contributed by atoms with Crippen molar-refractivity contribution in [1.82, 2.24) is 19.7 Å². The van der Waals surface area contributed by atoms with Crippen LogP contribution in [0.1, 0.15) is 6.04 Å². The summed E-state index contributed by atoms with van der Waals surface area (Å²) in [5, 5.41) is 28.8. The molecule has 1 aliphatic rings. The van der Waals surface area contributed by atoms with Gasteiger partial charge in [-0.25, -0.2) is 21.9 Å². The Morgan fingerprint density at radius 2 is 1.88 bits per heavy atom. The van der Waals surface area contributed by atoms with E-state index in [1.165, 1.54) is 18.3 Å². The van der Waals surface area contributed by atoms with Crippen LogP contribution in [0.25, 0.3) is 11.3 Å². The molecule has 0 bridgehead atoms. The molecule has 0 saturated carbocycles. The minimum absolute atomic E-state index is 0.000891. The van der Waals surface area contributed by atoms with Gasteiger partial charge in [0, 0.05) is 10.5 Å². The molecule has 1 fully saturated rings. The van der Waals surface area contributed by atoms with Crippen molar-refractivity contribution in [2.45, 2.75) is 34.7 Å². The third-order valence-electron chi connectivity index (χ3n) is 5.77. The Morgan fingerprint density at radius 3 is 2.49 bits per heavy atom. The van der Waals surface area contributed by atoms with Crippen LogP contribution in [0, 0.1) is 11.6 Å². The van der Waals surface area contributed by atoms with Crippen LogP contribution in [-0.4, -0.2) is 82.7 Å². The highest BCUT2D eigenvalue weighted by molar-refractivity contribution is 7.99. The number of aliphatic hydroxyl groups is 2. The molecule has 41 heavy (non-hydrogen) atoms. The number of thioether (sulfide) groups is 1. The number of aromatic nitrogens is 3. The van der Waals surface area contributed by atoms with Crippen molar-refractivity contribution in [3.05, 3.63) is 63.2 Å². The molecule has 0 spiro atoms. The molecule has 2 heterocycles. The Morgan fingerprint density at radius 1 is 1.20 bits per heavy atom. The van der Waals surface area contributed by atoms with Gasteiger partial charge in [-0.3, -0.25) is 9.52 Å². The van der Waals surface area contributed by atoms with Crippen molar-refractivity contribution in [3.63, 3.8) is 0 Å². The lowest BCUT2D eigenvalue weighted by Gasteiger charge is -2.43. The molecule has 4 rings (SSSR count). The second-order valence-corrected chi connectivity index (χ2v) is 12.9. The maximum absolute atomic E-state index is 14.1. The maximum atomic E-state index is 14.1. The Balaban J connectivity index is 1.72. The number of rotatable bonds is 9. The molecule has 0 radical (unpaired) electrons. The standard InChI is InChI=1S/C23H21Cl3F2N4O7S2/c1-41(36,37)30-18(34)9-38-22-20(32-7-16(29-31-32)10-4-14(27)19(26)15(28)5-10)21(35)17(8-33)39-23(22)40-11-2-3-12(24)13(25)6-11/h2-7,17,20-23,33,35H,8-9H2,1H3,(H,30,34)/t17?,20-,21-,22?,23+/m0/s1. The van der Waals surface area contributed by atoms with Gasteiger partial charge in [-0.15, -0.1) is 5.10 Å². The molecule has 1 aliphatic heterocycles. The van der Waals surface area contributed by atoms with E-state index in [0.717, 1.165) is 34.8 Å². The molecule has 18 heteroatoms. The van der Waals surface area contributed by atoms with Crippen LogP contribution in [0.5, 0.6) is 0 Å². The summed E-state index contributed by atoms with van der Waals surface area (Å²) in [6, 6.07) is 5.40. The first-order valence-electron chi connectivity index (χ1n) is 11.5. The number of sulfonamides is 1. The maximum Gasteiger partial charge on any atom is 0.259 e. The first kappa shape index (κ1) is 31.8. The largest absolute Gasteiger partial charge is 0.394 e. The van der Waals surface area contributed by atoms with Crippen molar-refractivity contribution < 1.29 is 41.7 Å². The second-order valence-electron chi connectivity index (χ2n) is 8.81. The third-order valence-corrected chi connectivity index (χ3v) is 8.61. The van der Waals surface area contributed by atoms with E-state index in [0.29, 0.717) is 4.90 Å². The molecule has 2 aromatic carbocycles. The van der Waals surface area contributed by atoms with Crippen LogP contribution >= 0.6 is 46.6 Å². The number of carbonyl (C=O) groups excluding carboxylic acids is 1. The van der Waals surface area contributed by atoms with Crippen LogP contribution < -0.4 is 4.72 Å². The highest BCUT2D eigenvalue weighted by Crippen LogP contribution is 2.41. The minimum atomic E-state index is -3.90. The van der Waals surface area contributed by atoms with Crippen LogP contribution in [0.4, 0.5) is 8.78 Å². The van der Waals surface area contributed by atoms with E-state index in [1.54, 1.807) is 10.8 Å². The van der Waals surface area contributed by atoms with Gasteiger partial charge in [-0.1, -0.05) is 51.8 Å². The zero-order valence-corrected chi connectivity index (χ0v) is 24.6. The smallest absolute Gasteiger partial charge is 0.259 e. The molecule has 222 valence electrons. The van der Waals surface area contributed by atoms with Gasteiger partial charge < -0.3 is 19.7 Å². The summed E-state index contributed by atoms with van der Waals surface area (Å²) in [6.07, 6.45) is -1.85. The van der Waals surface area contributed by atoms with Gasteiger partial charge in [-0.2, -0.15) is 0 Å². The minimum Gasteiger partial charge on any atom is -0.394 e. The zero-order chi connectivity index (χ0) is 30.1. The number of hydrogen-bond donors (Lipinski definition) is 3.